The number of hydrogen-bond acceptors (Lipinski definition) is 2. The van der Waals surface area contributed by atoms with Crippen LogP contribution in [0.1, 0.15) is 6.92 Å². The Morgan fingerprint density at radius 2 is 2.25 bits per heavy atom. The first-order valence-electron chi connectivity index (χ1n) is 4.95. The Balaban J connectivity index is 2.33. The van der Waals surface area contributed by atoms with E-state index in [0.717, 1.165) is 16.8 Å². The number of carbonyl (C=O) groups excluding carboxylic acids is 1. The van der Waals surface area contributed by atoms with Gasteiger partial charge in [0, 0.05) is 30.6 Å². The fourth-order valence-electron chi connectivity index (χ4n) is 1.45. The molecule has 1 N–H and O–H groups in total. The number of nitrogens with zero attached hydrogens (tertiary/aromatic N) is 1. The standard InChI is InChI=1S/C13H11N2O/c1-10(16)15-13-6-2-4-11(8-13)12-5-3-7-14-9-12/h3-9H,1H3,(H,15,16). The van der Waals surface area contributed by atoms with Crippen LogP contribution in [0, 0.1) is 6.07 Å². The summed E-state index contributed by atoms with van der Waals surface area (Å²) in [7, 11) is 0. The Kier molecular flexibility index (Phi) is 2.96. The van der Waals surface area contributed by atoms with Crippen molar-refractivity contribution < 1.29 is 4.79 Å². The van der Waals surface area contributed by atoms with E-state index in [1.165, 1.54) is 6.92 Å². The molecule has 1 radical (unpaired) electrons. The van der Waals surface area contributed by atoms with Crippen molar-refractivity contribution in [1.29, 1.82) is 0 Å². The summed E-state index contributed by atoms with van der Waals surface area (Å²) in [5, 5.41) is 2.72. The number of carbonyl (C=O) groups is 1. The van der Waals surface area contributed by atoms with E-state index in [0.29, 0.717) is 0 Å². The van der Waals surface area contributed by atoms with Crippen LogP contribution in [0.2, 0.25) is 0 Å². The van der Waals surface area contributed by atoms with Crippen molar-refractivity contribution in [3.05, 3.63) is 48.8 Å². The van der Waals surface area contributed by atoms with Gasteiger partial charge in [0.2, 0.25) is 5.91 Å². The smallest absolute Gasteiger partial charge is 0.221 e. The number of aromatic nitrogens is 1. The van der Waals surface area contributed by atoms with E-state index in [1.54, 1.807) is 18.5 Å². The van der Waals surface area contributed by atoms with E-state index >= 15 is 0 Å². The lowest BCUT2D eigenvalue weighted by Crippen LogP contribution is -2.05. The molecule has 0 atom stereocenters. The molecule has 0 bridgehead atoms. The van der Waals surface area contributed by atoms with Crippen LogP contribution in [0.4, 0.5) is 5.69 Å². The molecule has 0 aliphatic carbocycles. The maximum atomic E-state index is 10.9. The van der Waals surface area contributed by atoms with Crippen molar-refractivity contribution in [1.82, 2.24) is 4.98 Å². The summed E-state index contributed by atoms with van der Waals surface area (Å²) >= 11 is 0. The van der Waals surface area contributed by atoms with Gasteiger partial charge in [-0.25, -0.2) is 0 Å². The van der Waals surface area contributed by atoms with Crippen molar-refractivity contribution >= 4 is 11.6 Å². The third kappa shape index (κ3) is 2.45. The van der Waals surface area contributed by atoms with Gasteiger partial charge in [-0.2, -0.15) is 0 Å². The van der Waals surface area contributed by atoms with Crippen LogP contribution >= 0.6 is 0 Å². The molecule has 79 valence electrons. The predicted molar refractivity (Wildman–Crippen MR) is 62.8 cm³/mol. The number of amides is 1. The SMILES string of the molecule is CC(=O)Nc1c[c]cc(-c2cccnc2)c1. The van der Waals surface area contributed by atoms with E-state index in [-0.39, 0.29) is 5.91 Å². The molecule has 0 aliphatic rings. The average molecular weight is 211 g/mol. The second-order valence-corrected chi connectivity index (χ2v) is 3.43. The molecule has 16 heavy (non-hydrogen) atoms. The Morgan fingerprint density at radius 1 is 1.38 bits per heavy atom. The molecule has 1 heterocycles. The zero-order valence-corrected chi connectivity index (χ0v) is 8.90. The van der Waals surface area contributed by atoms with Gasteiger partial charge in [0.15, 0.2) is 0 Å². The summed E-state index contributed by atoms with van der Waals surface area (Å²) in [6, 6.07) is 12.3. The van der Waals surface area contributed by atoms with E-state index in [9.17, 15) is 4.79 Å². The number of nitrogens with one attached hydrogen (secondary N) is 1. The summed E-state index contributed by atoms with van der Waals surface area (Å²) < 4.78 is 0. The normalized spacial score (nSPS) is 9.81. The molecule has 3 heteroatoms. The van der Waals surface area contributed by atoms with Crippen LogP contribution in [0.25, 0.3) is 11.1 Å². The van der Waals surface area contributed by atoms with Crippen molar-refractivity contribution in [2.45, 2.75) is 6.92 Å². The van der Waals surface area contributed by atoms with Gasteiger partial charge in [0.05, 0.1) is 0 Å². The minimum absolute atomic E-state index is 0.0864. The number of anilines is 1. The second kappa shape index (κ2) is 4.57. The van der Waals surface area contributed by atoms with Crippen molar-refractivity contribution in [3.8, 4) is 11.1 Å². The Hall–Kier alpha value is -2.16. The van der Waals surface area contributed by atoms with Crippen LogP contribution in [-0.2, 0) is 4.79 Å². The number of benzene rings is 1. The fraction of sp³-hybridized carbons (Fsp3) is 0.0769. The maximum Gasteiger partial charge on any atom is 0.221 e. The highest BCUT2D eigenvalue weighted by Gasteiger charge is 2.00. The van der Waals surface area contributed by atoms with E-state index in [1.807, 2.05) is 24.3 Å². The lowest BCUT2D eigenvalue weighted by molar-refractivity contribution is -0.114. The molecule has 3 nitrogen and oxygen atoms in total. The van der Waals surface area contributed by atoms with Gasteiger partial charge in [-0.3, -0.25) is 9.78 Å². The van der Waals surface area contributed by atoms with Gasteiger partial charge in [-0.15, -0.1) is 0 Å². The molecule has 0 spiro atoms. The summed E-state index contributed by atoms with van der Waals surface area (Å²) in [6.07, 6.45) is 3.51. The minimum atomic E-state index is -0.0864. The lowest BCUT2D eigenvalue weighted by Gasteiger charge is -2.05. The van der Waals surface area contributed by atoms with E-state index in [2.05, 4.69) is 16.4 Å². The Labute approximate surface area is 94.1 Å². The van der Waals surface area contributed by atoms with Crippen LogP contribution < -0.4 is 5.32 Å². The largest absolute Gasteiger partial charge is 0.326 e. The third-order valence-electron chi connectivity index (χ3n) is 2.10. The summed E-state index contributed by atoms with van der Waals surface area (Å²) in [4.78, 5) is 15.0. The first kappa shape index (κ1) is 10.4. The topological polar surface area (TPSA) is 42.0 Å². The molecule has 0 saturated carbocycles. The van der Waals surface area contributed by atoms with Crippen LogP contribution in [0.5, 0.6) is 0 Å². The highest BCUT2D eigenvalue weighted by Crippen LogP contribution is 2.21. The van der Waals surface area contributed by atoms with E-state index in [4.69, 9.17) is 0 Å². The number of pyridine rings is 1. The first-order valence-corrected chi connectivity index (χ1v) is 4.95. The molecule has 0 saturated heterocycles. The van der Waals surface area contributed by atoms with Crippen LogP contribution in [-0.4, -0.2) is 10.9 Å². The van der Waals surface area contributed by atoms with Crippen molar-refractivity contribution in [2.24, 2.45) is 0 Å². The molecule has 0 fully saturated rings. The maximum absolute atomic E-state index is 10.9. The highest BCUT2D eigenvalue weighted by atomic mass is 16.1. The zero-order valence-electron chi connectivity index (χ0n) is 8.90. The van der Waals surface area contributed by atoms with Gasteiger partial charge < -0.3 is 5.32 Å². The molecule has 1 aromatic carbocycles. The quantitative estimate of drug-likeness (QED) is 0.829. The van der Waals surface area contributed by atoms with Gasteiger partial charge in [0.1, 0.15) is 0 Å². The first-order chi connectivity index (χ1) is 7.75. The van der Waals surface area contributed by atoms with E-state index < -0.39 is 0 Å². The van der Waals surface area contributed by atoms with Crippen molar-refractivity contribution in [3.63, 3.8) is 0 Å². The second-order valence-electron chi connectivity index (χ2n) is 3.43. The van der Waals surface area contributed by atoms with Gasteiger partial charge in [-0.05, 0) is 35.9 Å². The number of hydrogen-bond donors (Lipinski definition) is 1. The summed E-state index contributed by atoms with van der Waals surface area (Å²) in [6.45, 7) is 1.48. The predicted octanol–water partition coefficient (Wildman–Crippen LogP) is 2.51. The zero-order chi connectivity index (χ0) is 11.4. The van der Waals surface area contributed by atoms with Gasteiger partial charge >= 0.3 is 0 Å². The molecule has 1 aromatic heterocycles. The molecular formula is C13H11N2O. The Bertz CT molecular complexity index is 494. The summed E-state index contributed by atoms with van der Waals surface area (Å²) in [5.41, 5.74) is 2.74. The monoisotopic (exact) mass is 211 g/mol. The van der Waals surface area contributed by atoms with Gasteiger partial charge in [0.25, 0.3) is 0 Å². The molecule has 2 rings (SSSR count). The minimum Gasteiger partial charge on any atom is -0.326 e. The van der Waals surface area contributed by atoms with Crippen molar-refractivity contribution in [2.75, 3.05) is 5.32 Å². The Morgan fingerprint density at radius 3 is 2.94 bits per heavy atom. The molecule has 0 unspecified atom stereocenters. The van der Waals surface area contributed by atoms with Crippen LogP contribution in [0.15, 0.2) is 42.7 Å². The fourth-order valence-corrected chi connectivity index (χ4v) is 1.45. The lowest BCUT2D eigenvalue weighted by atomic mass is 10.1. The summed E-state index contributed by atoms with van der Waals surface area (Å²) in [5.74, 6) is -0.0864. The number of rotatable bonds is 2. The molecule has 2 aromatic rings. The molecule has 0 aliphatic heterocycles. The molecular weight excluding hydrogens is 200 g/mol. The third-order valence-corrected chi connectivity index (χ3v) is 2.10. The molecule has 1 amide bonds. The highest BCUT2D eigenvalue weighted by molar-refractivity contribution is 5.89. The average Bonchev–Trinajstić information content (AvgIpc) is 2.30. The van der Waals surface area contributed by atoms with Gasteiger partial charge in [-0.1, -0.05) is 6.07 Å². The van der Waals surface area contributed by atoms with Crippen LogP contribution in [0.3, 0.4) is 0 Å².